The fraction of sp³-hybridized carbons (Fsp3) is 0.375. The summed E-state index contributed by atoms with van der Waals surface area (Å²) in [5.74, 6) is 2.46. The molecule has 0 aliphatic heterocycles. The number of hydrogen-bond donors (Lipinski definition) is 1. The number of anilines is 1. The lowest BCUT2D eigenvalue weighted by molar-refractivity contribution is 0.939. The van der Waals surface area contributed by atoms with Crippen molar-refractivity contribution >= 4 is 28.4 Å². The summed E-state index contributed by atoms with van der Waals surface area (Å²) < 4.78 is 1.19. The van der Waals surface area contributed by atoms with Gasteiger partial charge in [0.25, 0.3) is 0 Å². The summed E-state index contributed by atoms with van der Waals surface area (Å²) in [6.45, 7) is 3.12. The van der Waals surface area contributed by atoms with Crippen LogP contribution in [0.2, 0.25) is 0 Å². The normalized spacial score (nSPS) is 14.3. The van der Waals surface area contributed by atoms with Crippen molar-refractivity contribution in [3.8, 4) is 11.4 Å². The molecule has 0 radical (unpaired) electrons. The lowest BCUT2D eigenvalue weighted by atomic mass is 10.2. The SMILES string of the molecule is CCCNc1nc(-c2ccccc2)nc(C2CC2)c1I. The van der Waals surface area contributed by atoms with E-state index >= 15 is 0 Å². The highest BCUT2D eigenvalue weighted by molar-refractivity contribution is 14.1. The molecule has 1 fully saturated rings. The van der Waals surface area contributed by atoms with Crippen molar-refractivity contribution < 1.29 is 0 Å². The molecule has 0 amide bonds. The summed E-state index contributed by atoms with van der Waals surface area (Å²) in [6, 6.07) is 10.2. The Bertz CT molecular complexity index is 594. The molecule has 1 saturated carbocycles. The third-order valence-electron chi connectivity index (χ3n) is 3.42. The van der Waals surface area contributed by atoms with Crippen molar-refractivity contribution in [1.82, 2.24) is 9.97 Å². The van der Waals surface area contributed by atoms with Gasteiger partial charge in [0.15, 0.2) is 5.82 Å². The van der Waals surface area contributed by atoms with Gasteiger partial charge in [-0.3, -0.25) is 0 Å². The Morgan fingerprint density at radius 2 is 1.95 bits per heavy atom. The molecule has 0 spiro atoms. The molecule has 3 nitrogen and oxygen atoms in total. The minimum absolute atomic E-state index is 0.634. The van der Waals surface area contributed by atoms with Crippen LogP contribution >= 0.6 is 22.6 Å². The van der Waals surface area contributed by atoms with Crippen molar-refractivity contribution in [2.75, 3.05) is 11.9 Å². The fourth-order valence-corrected chi connectivity index (χ4v) is 3.04. The first-order valence-corrected chi connectivity index (χ1v) is 8.24. The smallest absolute Gasteiger partial charge is 0.161 e. The lowest BCUT2D eigenvalue weighted by Gasteiger charge is -2.12. The molecular formula is C16H18IN3. The minimum Gasteiger partial charge on any atom is -0.369 e. The molecule has 2 aromatic rings. The molecule has 20 heavy (non-hydrogen) atoms. The Morgan fingerprint density at radius 1 is 1.20 bits per heavy atom. The van der Waals surface area contributed by atoms with E-state index < -0.39 is 0 Å². The van der Waals surface area contributed by atoms with E-state index in [1.807, 2.05) is 18.2 Å². The van der Waals surface area contributed by atoms with Gasteiger partial charge >= 0.3 is 0 Å². The number of hydrogen-bond acceptors (Lipinski definition) is 3. The van der Waals surface area contributed by atoms with Crippen LogP contribution in [-0.2, 0) is 0 Å². The van der Waals surface area contributed by atoms with E-state index in [4.69, 9.17) is 9.97 Å². The largest absolute Gasteiger partial charge is 0.369 e. The topological polar surface area (TPSA) is 37.8 Å². The van der Waals surface area contributed by atoms with E-state index in [1.54, 1.807) is 0 Å². The molecule has 0 atom stereocenters. The monoisotopic (exact) mass is 379 g/mol. The summed E-state index contributed by atoms with van der Waals surface area (Å²) in [5, 5.41) is 3.44. The average molecular weight is 379 g/mol. The van der Waals surface area contributed by atoms with Crippen molar-refractivity contribution in [2.45, 2.75) is 32.1 Å². The molecular weight excluding hydrogens is 361 g/mol. The van der Waals surface area contributed by atoms with Gasteiger partial charge in [-0.15, -0.1) is 0 Å². The van der Waals surface area contributed by atoms with E-state index in [-0.39, 0.29) is 0 Å². The molecule has 1 aliphatic rings. The minimum atomic E-state index is 0.634. The van der Waals surface area contributed by atoms with Crippen LogP contribution in [-0.4, -0.2) is 16.5 Å². The highest BCUT2D eigenvalue weighted by Gasteiger charge is 2.29. The standard InChI is InChI=1S/C16H18IN3/c1-2-10-18-16-13(17)14(11-8-9-11)19-15(20-16)12-6-4-3-5-7-12/h3-7,11H,2,8-10H2,1H3,(H,18,19,20). The number of halogens is 1. The van der Waals surface area contributed by atoms with Crippen LogP contribution in [0.1, 0.15) is 37.8 Å². The summed E-state index contributed by atoms with van der Waals surface area (Å²) >= 11 is 2.38. The molecule has 1 aliphatic carbocycles. The molecule has 1 N–H and O–H groups in total. The summed E-state index contributed by atoms with van der Waals surface area (Å²) in [5.41, 5.74) is 2.31. The summed E-state index contributed by atoms with van der Waals surface area (Å²) in [4.78, 5) is 9.54. The van der Waals surface area contributed by atoms with Gasteiger partial charge in [0, 0.05) is 18.0 Å². The van der Waals surface area contributed by atoms with Crippen molar-refractivity contribution in [3.63, 3.8) is 0 Å². The first-order chi connectivity index (χ1) is 9.79. The molecule has 4 heteroatoms. The van der Waals surface area contributed by atoms with Crippen LogP contribution in [0.5, 0.6) is 0 Å². The van der Waals surface area contributed by atoms with E-state index in [2.05, 4.69) is 47.0 Å². The highest BCUT2D eigenvalue weighted by atomic mass is 127. The fourth-order valence-electron chi connectivity index (χ4n) is 2.17. The van der Waals surface area contributed by atoms with E-state index in [9.17, 15) is 0 Å². The van der Waals surface area contributed by atoms with Gasteiger partial charge < -0.3 is 5.32 Å². The molecule has 1 aromatic heterocycles. The zero-order valence-corrected chi connectivity index (χ0v) is 13.7. The Morgan fingerprint density at radius 3 is 2.60 bits per heavy atom. The van der Waals surface area contributed by atoms with Gasteiger partial charge in [0.05, 0.1) is 9.26 Å². The first kappa shape index (κ1) is 13.8. The number of nitrogens with one attached hydrogen (secondary N) is 1. The van der Waals surface area contributed by atoms with E-state index in [1.165, 1.54) is 22.1 Å². The molecule has 0 saturated heterocycles. The molecule has 0 bridgehead atoms. The second-order valence-electron chi connectivity index (χ2n) is 5.16. The van der Waals surface area contributed by atoms with Gasteiger partial charge in [-0.2, -0.15) is 0 Å². The van der Waals surface area contributed by atoms with Crippen molar-refractivity contribution in [1.29, 1.82) is 0 Å². The van der Waals surface area contributed by atoms with Crippen LogP contribution in [0.3, 0.4) is 0 Å². The number of aromatic nitrogens is 2. The molecule has 1 aromatic carbocycles. The van der Waals surface area contributed by atoms with Gasteiger partial charge in [-0.05, 0) is 41.9 Å². The zero-order chi connectivity index (χ0) is 13.9. The summed E-state index contributed by atoms with van der Waals surface area (Å²) in [7, 11) is 0. The Labute approximate surface area is 133 Å². The first-order valence-electron chi connectivity index (χ1n) is 7.16. The van der Waals surface area contributed by atoms with Crippen molar-refractivity contribution in [2.24, 2.45) is 0 Å². The Balaban J connectivity index is 2.03. The number of benzene rings is 1. The molecule has 3 rings (SSSR count). The predicted molar refractivity (Wildman–Crippen MR) is 90.9 cm³/mol. The molecule has 1 heterocycles. The van der Waals surface area contributed by atoms with Crippen LogP contribution in [0, 0.1) is 3.57 Å². The van der Waals surface area contributed by atoms with Crippen LogP contribution in [0.15, 0.2) is 30.3 Å². The van der Waals surface area contributed by atoms with Crippen molar-refractivity contribution in [3.05, 3.63) is 39.6 Å². The van der Waals surface area contributed by atoms with E-state index in [0.717, 1.165) is 30.2 Å². The highest BCUT2D eigenvalue weighted by Crippen LogP contribution is 2.42. The average Bonchev–Trinajstić information content (AvgIpc) is 3.32. The number of nitrogens with zero attached hydrogens (tertiary/aromatic N) is 2. The Kier molecular flexibility index (Phi) is 4.19. The molecule has 0 unspecified atom stereocenters. The van der Waals surface area contributed by atoms with Gasteiger partial charge in [0.1, 0.15) is 5.82 Å². The van der Waals surface area contributed by atoms with Crippen LogP contribution < -0.4 is 5.32 Å². The Hall–Kier alpha value is -1.17. The van der Waals surface area contributed by atoms with Gasteiger partial charge in [-0.1, -0.05) is 37.3 Å². The maximum Gasteiger partial charge on any atom is 0.161 e. The zero-order valence-electron chi connectivity index (χ0n) is 11.6. The van der Waals surface area contributed by atoms with Gasteiger partial charge in [-0.25, -0.2) is 9.97 Å². The second kappa shape index (κ2) is 6.08. The van der Waals surface area contributed by atoms with Crippen LogP contribution in [0.25, 0.3) is 11.4 Å². The van der Waals surface area contributed by atoms with Gasteiger partial charge in [0.2, 0.25) is 0 Å². The van der Waals surface area contributed by atoms with Crippen LogP contribution in [0.4, 0.5) is 5.82 Å². The maximum absolute atomic E-state index is 4.81. The number of rotatable bonds is 5. The van der Waals surface area contributed by atoms with E-state index in [0.29, 0.717) is 5.92 Å². The summed E-state index contributed by atoms with van der Waals surface area (Å²) in [6.07, 6.45) is 3.61. The maximum atomic E-state index is 4.81. The lowest BCUT2D eigenvalue weighted by Crippen LogP contribution is -2.08. The quantitative estimate of drug-likeness (QED) is 0.781. The predicted octanol–water partition coefficient (Wildman–Crippen LogP) is 4.45. The second-order valence-corrected chi connectivity index (χ2v) is 6.24. The third kappa shape index (κ3) is 2.95. The molecule has 104 valence electrons. The third-order valence-corrected chi connectivity index (χ3v) is 4.48.